The Morgan fingerprint density at radius 2 is 1.75 bits per heavy atom. The van der Waals surface area contributed by atoms with Gasteiger partial charge in [-0.3, -0.25) is 0 Å². The summed E-state index contributed by atoms with van der Waals surface area (Å²) in [6, 6.07) is 9.37. The molecule has 0 unspecified atom stereocenters. The molecule has 0 aliphatic rings. The Labute approximate surface area is 82.2 Å². The van der Waals surface area contributed by atoms with Gasteiger partial charge in [-0.05, 0) is 19.1 Å². The van der Waals surface area contributed by atoms with E-state index >= 15 is 0 Å². The summed E-state index contributed by atoms with van der Waals surface area (Å²) in [5.74, 6) is 0.741. The average molecular weight is 205 g/mol. The van der Waals surface area contributed by atoms with E-state index in [1.807, 2.05) is 30.3 Å². The second-order valence-corrected chi connectivity index (χ2v) is 3.58. The number of ether oxygens (including phenoxy) is 1. The Morgan fingerprint density at radius 3 is 2.25 bits per heavy atom. The van der Waals surface area contributed by atoms with Crippen molar-refractivity contribution in [1.29, 1.82) is 0 Å². The number of benzene rings is 1. The van der Waals surface area contributed by atoms with Crippen molar-refractivity contribution < 1.29 is 4.74 Å². The van der Waals surface area contributed by atoms with E-state index in [4.69, 9.17) is 27.9 Å². The molecule has 0 aliphatic heterocycles. The largest absolute Gasteiger partial charge is 0.473 e. The first-order chi connectivity index (χ1) is 5.70. The van der Waals surface area contributed by atoms with Gasteiger partial charge in [-0.1, -0.05) is 29.8 Å². The molecule has 1 aromatic rings. The fraction of sp³-hybridized carbons (Fsp3) is 0.333. The summed E-state index contributed by atoms with van der Waals surface area (Å²) in [5, 5.41) is -0.202. The van der Waals surface area contributed by atoms with Crippen LogP contribution in [0, 0.1) is 0 Å². The molecule has 0 amide bonds. The third kappa shape index (κ3) is 2.92. The molecule has 0 bridgehead atoms. The van der Waals surface area contributed by atoms with Gasteiger partial charge in [0.15, 0.2) is 5.56 Å². The van der Waals surface area contributed by atoms with Crippen LogP contribution >= 0.6 is 23.2 Å². The molecule has 2 atom stereocenters. The van der Waals surface area contributed by atoms with Gasteiger partial charge in [-0.25, -0.2) is 0 Å². The Hall–Kier alpha value is -0.400. The van der Waals surface area contributed by atoms with E-state index in [0.29, 0.717) is 0 Å². The van der Waals surface area contributed by atoms with Crippen LogP contribution in [0.25, 0.3) is 0 Å². The molecule has 0 radical (unpaired) electrons. The van der Waals surface area contributed by atoms with Crippen LogP contribution < -0.4 is 4.74 Å². The Balaban J connectivity index is 2.53. The van der Waals surface area contributed by atoms with E-state index in [9.17, 15) is 0 Å². The van der Waals surface area contributed by atoms with Gasteiger partial charge in [-0.2, -0.15) is 0 Å². The van der Waals surface area contributed by atoms with Crippen LogP contribution in [0.2, 0.25) is 0 Å². The molecule has 0 aromatic heterocycles. The highest BCUT2D eigenvalue weighted by atomic mass is 35.5. The van der Waals surface area contributed by atoms with Crippen molar-refractivity contribution in [1.82, 2.24) is 0 Å². The molecule has 0 fully saturated rings. The summed E-state index contributed by atoms with van der Waals surface area (Å²) in [6.07, 6.45) is 0. The summed E-state index contributed by atoms with van der Waals surface area (Å²) in [4.78, 5) is 0. The molecular weight excluding hydrogens is 195 g/mol. The maximum absolute atomic E-state index is 5.80. The van der Waals surface area contributed by atoms with Crippen LogP contribution in [0.5, 0.6) is 5.75 Å². The van der Waals surface area contributed by atoms with Gasteiger partial charge in [0.25, 0.3) is 0 Å². The van der Waals surface area contributed by atoms with Gasteiger partial charge in [0, 0.05) is 0 Å². The van der Waals surface area contributed by atoms with E-state index in [1.54, 1.807) is 6.92 Å². The van der Waals surface area contributed by atoms with Crippen LogP contribution in [0.15, 0.2) is 30.3 Å². The number of para-hydroxylation sites is 1. The van der Waals surface area contributed by atoms with Crippen molar-refractivity contribution in [3.8, 4) is 5.75 Å². The van der Waals surface area contributed by atoms with Crippen molar-refractivity contribution in [3.05, 3.63) is 30.3 Å². The first-order valence-corrected chi connectivity index (χ1v) is 4.57. The quantitative estimate of drug-likeness (QED) is 0.688. The smallest absolute Gasteiger partial charge is 0.188 e. The molecule has 1 nitrogen and oxygen atoms in total. The van der Waals surface area contributed by atoms with Gasteiger partial charge in [-0.15, -0.1) is 11.6 Å². The number of alkyl halides is 2. The molecule has 1 rings (SSSR count). The van der Waals surface area contributed by atoms with Crippen molar-refractivity contribution in [2.75, 3.05) is 0 Å². The fourth-order valence-electron chi connectivity index (χ4n) is 0.723. The summed E-state index contributed by atoms with van der Waals surface area (Å²) in [5.41, 5.74) is -0.478. The van der Waals surface area contributed by atoms with Gasteiger partial charge >= 0.3 is 0 Å². The summed E-state index contributed by atoms with van der Waals surface area (Å²) < 4.78 is 5.31. The molecule has 0 heterocycles. The van der Waals surface area contributed by atoms with Crippen LogP contribution in [0.1, 0.15) is 6.92 Å². The average Bonchev–Trinajstić information content (AvgIpc) is 2.06. The molecule has 0 spiro atoms. The lowest BCUT2D eigenvalue weighted by molar-refractivity contribution is 0.280. The Bertz CT molecular complexity index is 223. The van der Waals surface area contributed by atoms with Crippen molar-refractivity contribution in [2.45, 2.75) is 17.9 Å². The summed E-state index contributed by atoms with van der Waals surface area (Å²) in [7, 11) is 0. The molecule has 0 saturated heterocycles. The minimum Gasteiger partial charge on any atom is -0.473 e. The highest BCUT2D eigenvalue weighted by molar-refractivity contribution is 6.29. The Morgan fingerprint density at radius 1 is 1.17 bits per heavy atom. The number of halogens is 2. The van der Waals surface area contributed by atoms with Crippen LogP contribution in [0.4, 0.5) is 0 Å². The standard InChI is InChI=1S/C9H10Cl2O/c1-7(10)9(11)12-8-5-3-2-4-6-8/h2-7,9H,1H3/t7-,9+/m1/s1. The SMILES string of the molecule is C[C@@H](Cl)[C@@H](Cl)Oc1ccccc1. The second kappa shape index (κ2) is 4.58. The highest BCUT2D eigenvalue weighted by Gasteiger charge is 2.12. The van der Waals surface area contributed by atoms with Gasteiger partial charge in [0.1, 0.15) is 5.75 Å². The van der Waals surface area contributed by atoms with Crippen LogP contribution in [-0.2, 0) is 0 Å². The van der Waals surface area contributed by atoms with E-state index in [0.717, 1.165) is 5.75 Å². The zero-order valence-electron chi connectivity index (χ0n) is 6.71. The molecule has 12 heavy (non-hydrogen) atoms. The lowest BCUT2D eigenvalue weighted by Crippen LogP contribution is -2.18. The van der Waals surface area contributed by atoms with Gasteiger partial charge in [0.05, 0.1) is 5.38 Å². The van der Waals surface area contributed by atoms with E-state index in [2.05, 4.69) is 0 Å². The first-order valence-electron chi connectivity index (χ1n) is 3.70. The predicted molar refractivity (Wildman–Crippen MR) is 52.0 cm³/mol. The van der Waals surface area contributed by atoms with Crippen LogP contribution in [0.3, 0.4) is 0 Å². The number of hydrogen-bond acceptors (Lipinski definition) is 1. The predicted octanol–water partition coefficient (Wildman–Crippen LogP) is 3.26. The molecule has 0 saturated carbocycles. The van der Waals surface area contributed by atoms with Gasteiger partial charge < -0.3 is 4.74 Å². The molecule has 0 N–H and O–H groups in total. The van der Waals surface area contributed by atoms with Crippen molar-refractivity contribution in [2.24, 2.45) is 0 Å². The number of rotatable bonds is 3. The third-order valence-electron chi connectivity index (χ3n) is 1.35. The monoisotopic (exact) mass is 204 g/mol. The molecule has 3 heteroatoms. The molecule has 0 aliphatic carbocycles. The van der Waals surface area contributed by atoms with Crippen LogP contribution in [-0.4, -0.2) is 10.9 Å². The lowest BCUT2D eigenvalue weighted by atomic mass is 10.3. The minimum atomic E-state index is -0.478. The molecular formula is C9H10Cl2O. The first kappa shape index (κ1) is 9.69. The molecule has 1 aromatic carbocycles. The molecule has 66 valence electrons. The summed E-state index contributed by atoms with van der Waals surface area (Å²) >= 11 is 11.5. The highest BCUT2D eigenvalue weighted by Crippen LogP contribution is 2.16. The minimum absolute atomic E-state index is 0.202. The fourth-order valence-corrected chi connectivity index (χ4v) is 0.877. The zero-order chi connectivity index (χ0) is 8.97. The van der Waals surface area contributed by atoms with Crippen molar-refractivity contribution >= 4 is 23.2 Å². The van der Waals surface area contributed by atoms with E-state index in [1.165, 1.54) is 0 Å². The normalized spacial score (nSPS) is 15.2. The van der Waals surface area contributed by atoms with E-state index in [-0.39, 0.29) is 5.38 Å². The van der Waals surface area contributed by atoms with Crippen molar-refractivity contribution in [3.63, 3.8) is 0 Å². The maximum Gasteiger partial charge on any atom is 0.188 e. The lowest BCUT2D eigenvalue weighted by Gasteiger charge is -2.13. The number of hydrogen-bond donors (Lipinski definition) is 0. The second-order valence-electron chi connectivity index (χ2n) is 2.46. The third-order valence-corrected chi connectivity index (χ3v) is 2.18. The Kier molecular flexibility index (Phi) is 3.70. The summed E-state index contributed by atoms with van der Waals surface area (Å²) in [6.45, 7) is 1.79. The van der Waals surface area contributed by atoms with E-state index < -0.39 is 5.56 Å². The van der Waals surface area contributed by atoms with Gasteiger partial charge in [0.2, 0.25) is 0 Å². The topological polar surface area (TPSA) is 9.23 Å². The zero-order valence-corrected chi connectivity index (χ0v) is 8.22. The maximum atomic E-state index is 5.80.